The predicted molar refractivity (Wildman–Crippen MR) is 159 cm³/mol. The number of thiophene rings is 3. The van der Waals surface area contributed by atoms with Gasteiger partial charge in [0.2, 0.25) is 0 Å². The van der Waals surface area contributed by atoms with Crippen molar-refractivity contribution in [3.8, 4) is 0 Å². The summed E-state index contributed by atoms with van der Waals surface area (Å²) in [5.74, 6) is 0.322. The van der Waals surface area contributed by atoms with Gasteiger partial charge in [0.25, 0.3) is 11.5 Å². The molecular weight excluding hydrogens is 553 g/mol. The molecule has 3 aliphatic rings. The molecule has 2 aliphatic carbocycles. The quantitative estimate of drug-likeness (QED) is 0.206. The lowest BCUT2D eigenvalue weighted by molar-refractivity contribution is -0.130. The van der Waals surface area contributed by atoms with Gasteiger partial charge in [0.15, 0.2) is 5.16 Å². The Morgan fingerprint density at radius 1 is 1.13 bits per heavy atom. The molecule has 6 nitrogen and oxygen atoms in total. The van der Waals surface area contributed by atoms with E-state index in [9.17, 15) is 9.59 Å². The van der Waals surface area contributed by atoms with Crippen LogP contribution < -0.4 is 5.56 Å². The smallest absolute Gasteiger partial charge is 0.260 e. The van der Waals surface area contributed by atoms with Crippen LogP contribution >= 0.6 is 45.8 Å². The highest BCUT2D eigenvalue weighted by Gasteiger charge is 2.44. The zero-order valence-electron chi connectivity index (χ0n) is 20.6. The van der Waals surface area contributed by atoms with Crippen LogP contribution in [-0.2, 0) is 17.6 Å². The average molecular weight is 579 g/mol. The maximum atomic E-state index is 13.7. The lowest BCUT2D eigenvalue weighted by atomic mass is 9.79. The Hall–Kier alpha value is -2.53. The van der Waals surface area contributed by atoms with Crippen LogP contribution in [0.2, 0.25) is 0 Å². The van der Waals surface area contributed by atoms with E-state index in [1.807, 2.05) is 6.07 Å². The summed E-state index contributed by atoms with van der Waals surface area (Å²) >= 11 is 6.34. The normalized spacial score (nSPS) is 22.1. The Morgan fingerprint density at radius 2 is 2.00 bits per heavy atom. The number of aromatic nitrogens is 2. The number of nitrogens with one attached hydrogen (secondary N) is 1. The monoisotopic (exact) mass is 578 g/mol. The molecule has 0 radical (unpaired) electrons. The molecule has 1 fully saturated rings. The Balaban J connectivity index is 1.16. The average Bonchev–Trinajstić information content (AvgIpc) is 3.72. The zero-order chi connectivity index (χ0) is 25.6. The summed E-state index contributed by atoms with van der Waals surface area (Å²) in [6.45, 7) is 0. The van der Waals surface area contributed by atoms with E-state index in [1.165, 1.54) is 44.0 Å². The first-order valence-electron chi connectivity index (χ1n) is 13.0. The Morgan fingerprint density at radius 3 is 2.84 bits per heavy atom. The number of hydrazone groups is 1. The van der Waals surface area contributed by atoms with Crippen molar-refractivity contribution in [1.82, 2.24) is 15.0 Å². The molecule has 4 aromatic heterocycles. The van der Waals surface area contributed by atoms with Crippen LogP contribution in [0.4, 0.5) is 0 Å². The standard InChI is InChI=1S/C28H26N4O2S4/c33-22(15-37-28-29-26(34)23-18-8-1-2-10-20(18)38-27(23)30-28)32-25(21-11-5-13-36-21)19-9-3-6-16(24(19)31-32)14-17-7-4-12-35-17/h4-5,7,11-14,19,25H,1-3,6,8-10,15H2,(H,29,30,34)/b16-14-/t19-,25-/m0/s1. The number of hydrogen-bond acceptors (Lipinski definition) is 8. The van der Waals surface area contributed by atoms with E-state index in [2.05, 4.69) is 40.0 Å². The third kappa shape index (κ3) is 4.41. The molecule has 0 bridgehead atoms. The molecular formula is C28H26N4O2S4. The maximum Gasteiger partial charge on any atom is 0.260 e. The van der Waals surface area contributed by atoms with Crippen LogP contribution in [0, 0.1) is 5.92 Å². The number of fused-ring (bicyclic) bond motifs is 4. The van der Waals surface area contributed by atoms with Gasteiger partial charge in [0.1, 0.15) is 4.83 Å². The first-order chi connectivity index (χ1) is 18.7. The second kappa shape index (κ2) is 10.2. The number of carbonyl (C=O) groups is 1. The molecule has 0 aromatic carbocycles. The van der Waals surface area contributed by atoms with E-state index >= 15 is 0 Å². The Labute approximate surface area is 236 Å². The fourth-order valence-electron chi connectivity index (χ4n) is 5.90. The molecule has 0 spiro atoms. The zero-order valence-corrected chi connectivity index (χ0v) is 23.9. The number of aryl methyl sites for hydroxylation is 2. The van der Waals surface area contributed by atoms with Crippen molar-refractivity contribution < 1.29 is 4.79 Å². The van der Waals surface area contributed by atoms with Gasteiger partial charge in [-0.1, -0.05) is 23.9 Å². The van der Waals surface area contributed by atoms with Gasteiger partial charge in [0.05, 0.1) is 22.9 Å². The molecule has 1 saturated carbocycles. The second-order valence-corrected chi connectivity index (χ2v) is 13.9. The van der Waals surface area contributed by atoms with Crippen molar-refractivity contribution in [2.75, 3.05) is 5.75 Å². The van der Waals surface area contributed by atoms with Gasteiger partial charge in [-0.05, 0) is 85.1 Å². The number of rotatable bonds is 5. The molecule has 1 N–H and O–H groups in total. The van der Waals surface area contributed by atoms with Gasteiger partial charge in [-0.15, -0.1) is 34.0 Å². The highest BCUT2D eigenvalue weighted by Crippen LogP contribution is 2.46. The number of thioether (sulfide) groups is 1. The molecule has 5 heterocycles. The minimum Gasteiger partial charge on any atom is -0.301 e. The van der Waals surface area contributed by atoms with Crippen molar-refractivity contribution in [2.24, 2.45) is 11.0 Å². The van der Waals surface area contributed by atoms with Crippen LogP contribution in [0.5, 0.6) is 0 Å². The molecule has 38 heavy (non-hydrogen) atoms. The minimum atomic E-state index is -0.0865. The number of allylic oxidation sites excluding steroid dienone is 1. The third-order valence-corrected chi connectivity index (χ3v) is 11.4. The van der Waals surface area contributed by atoms with E-state index in [-0.39, 0.29) is 29.2 Å². The molecule has 7 rings (SSSR count). The van der Waals surface area contributed by atoms with Gasteiger partial charge in [-0.2, -0.15) is 5.10 Å². The molecule has 1 aliphatic heterocycles. The lowest BCUT2D eigenvalue weighted by Crippen LogP contribution is -2.32. The molecule has 0 unspecified atom stereocenters. The van der Waals surface area contributed by atoms with Crippen LogP contribution in [0.3, 0.4) is 0 Å². The summed E-state index contributed by atoms with van der Waals surface area (Å²) in [4.78, 5) is 38.8. The predicted octanol–water partition coefficient (Wildman–Crippen LogP) is 6.90. The van der Waals surface area contributed by atoms with Crippen molar-refractivity contribution >= 4 is 73.7 Å². The largest absolute Gasteiger partial charge is 0.301 e. The summed E-state index contributed by atoms with van der Waals surface area (Å²) in [5, 5.41) is 12.1. The Kier molecular flexibility index (Phi) is 6.59. The lowest BCUT2D eigenvalue weighted by Gasteiger charge is -2.28. The number of nitrogens with zero attached hydrogens (tertiary/aromatic N) is 3. The van der Waals surface area contributed by atoms with Gasteiger partial charge in [0, 0.05) is 20.5 Å². The number of carbonyl (C=O) groups excluding carboxylic acids is 1. The van der Waals surface area contributed by atoms with Crippen molar-refractivity contribution in [2.45, 2.75) is 56.1 Å². The topological polar surface area (TPSA) is 78.4 Å². The van der Waals surface area contributed by atoms with Gasteiger partial charge >= 0.3 is 0 Å². The number of H-pyrrole nitrogens is 1. The van der Waals surface area contributed by atoms with Crippen LogP contribution in [-0.4, -0.2) is 32.3 Å². The fourth-order valence-corrected chi connectivity index (χ4v) is 9.49. The molecule has 0 saturated heterocycles. The van der Waals surface area contributed by atoms with Crippen molar-refractivity contribution in [3.05, 3.63) is 71.1 Å². The maximum absolute atomic E-state index is 13.7. The number of aromatic amines is 1. The number of amides is 1. The van der Waals surface area contributed by atoms with Crippen LogP contribution in [0.15, 0.2) is 55.7 Å². The number of hydrogen-bond donors (Lipinski definition) is 1. The molecule has 194 valence electrons. The van der Waals surface area contributed by atoms with Gasteiger partial charge in [-0.25, -0.2) is 9.99 Å². The van der Waals surface area contributed by atoms with E-state index < -0.39 is 0 Å². The second-order valence-electron chi connectivity index (χ2n) is 9.92. The van der Waals surface area contributed by atoms with Crippen molar-refractivity contribution in [1.29, 1.82) is 0 Å². The fraction of sp³-hybridized carbons (Fsp3) is 0.357. The summed E-state index contributed by atoms with van der Waals surface area (Å²) < 4.78 is 0. The molecule has 4 aromatic rings. The minimum absolute atomic E-state index is 0.0565. The van der Waals surface area contributed by atoms with E-state index in [1.54, 1.807) is 39.0 Å². The van der Waals surface area contributed by atoms with Gasteiger partial charge < -0.3 is 4.98 Å². The first kappa shape index (κ1) is 24.5. The van der Waals surface area contributed by atoms with E-state index in [4.69, 9.17) is 10.1 Å². The summed E-state index contributed by atoms with van der Waals surface area (Å²) in [5.41, 5.74) is 3.39. The summed E-state index contributed by atoms with van der Waals surface area (Å²) in [6, 6.07) is 8.27. The highest BCUT2D eigenvalue weighted by molar-refractivity contribution is 7.99. The van der Waals surface area contributed by atoms with Crippen LogP contribution in [0.25, 0.3) is 16.3 Å². The van der Waals surface area contributed by atoms with Gasteiger partial charge in [-0.3, -0.25) is 9.59 Å². The van der Waals surface area contributed by atoms with E-state index in [0.29, 0.717) is 5.16 Å². The van der Waals surface area contributed by atoms with E-state index in [0.717, 1.165) is 54.5 Å². The molecule has 2 atom stereocenters. The Bertz CT molecular complexity index is 1610. The summed E-state index contributed by atoms with van der Waals surface area (Å²) in [6.07, 6.45) is 9.62. The molecule has 10 heteroatoms. The molecule has 1 amide bonds. The SMILES string of the molecule is O=C(CSc1nc2sc3c(c2c(=O)[nH]1)CCCC3)N1N=C2/C(=C\c3cccs3)CCC[C@@H]2[C@H]1c1cccs1. The highest BCUT2D eigenvalue weighted by atomic mass is 32.2. The summed E-state index contributed by atoms with van der Waals surface area (Å²) in [7, 11) is 0. The van der Waals surface area contributed by atoms with Crippen LogP contribution in [0.1, 0.15) is 58.3 Å². The third-order valence-electron chi connectivity index (χ3n) is 7.59. The van der Waals surface area contributed by atoms with Crippen molar-refractivity contribution in [3.63, 3.8) is 0 Å². The first-order valence-corrected chi connectivity index (χ1v) is 16.6.